The lowest BCUT2D eigenvalue weighted by Gasteiger charge is -2.26. The van der Waals surface area contributed by atoms with Gasteiger partial charge in [0.2, 0.25) is 5.88 Å². The summed E-state index contributed by atoms with van der Waals surface area (Å²) in [6.07, 6.45) is 5.30. The van der Waals surface area contributed by atoms with Crippen LogP contribution in [0.3, 0.4) is 0 Å². The molecule has 2 N–H and O–H groups in total. The number of nitrogens with one attached hydrogen (secondary N) is 1. The van der Waals surface area contributed by atoms with Crippen LogP contribution in [0, 0.1) is 0 Å². The summed E-state index contributed by atoms with van der Waals surface area (Å²) < 4.78 is 1.45. The molecule has 6 heteroatoms. The zero-order valence-electron chi connectivity index (χ0n) is 15.3. The van der Waals surface area contributed by atoms with Crippen LogP contribution in [0.5, 0.6) is 5.88 Å². The van der Waals surface area contributed by atoms with Crippen molar-refractivity contribution in [2.45, 2.75) is 32.4 Å². The van der Waals surface area contributed by atoms with E-state index in [1.807, 2.05) is 30.3 Å². The second-order valence-electron chi connectivity index (χ2n) is 7.12. The maximum absolute atomic E-state index is 11.7. The van der Waals surface area contributed by atoms with Crippen molar-refractivity contribution >= 4 is 0 Å². The van der Waals surface area contributed by atoms with Crippen molar-refractivity contribution in [1.82, 2.24) is 19.4 Å². The Hall–Kier alpha value is -2.86. The van der Waals surface area contributed by atoms with E-state index in [-0.39, 0.29) is 11.6 Å². The Balaban J connectivity index is 1.47. The first kappa shape index (κ1) is 17.5. The molecule has 0 radical (unpaired) electrons. The van der Waals surface area contributed by atoms with Gasteiger partial charge in [0.25, 0.3) is 0 Å². The van der Waals surface area contributed by atoms with Gasteiger partial charge in [0.1, 0.15) is 0 Å². The molecule has 4 rings (SSSR count). The molecule has 2 aromatic heterocycles. The predicted molar refractivity (Wildman–Crippen MR) is 105 cm³/mol. The van der Waals surface area contributed by atoms with Crippen LogP contribution in [0.15, 0.2) is 53.5 Å². The Morgan fingerprint density at radius 1 is 1.00 bits per heavy atom. The highest BCUT2D eigenvalue weighted by atomic mass is 16.3. The van der Waals surface area contributed by atoms with Gasteiger partial charge in [-0.3, -0.25) is 19.4 Å². The number of aromatic nitrogens is 3. The van der Waals surface area contributed by atoms with E-state index in [2.05, 4.69) is 22.0 Å². The van der Waals surface area contributed by atoms with E-state index in [0.29, 0.717) is 6.54 Å². The molecule has 6 nitrogen and oxygen atoms in total. The average molecular weight is 364 g/mol. The van der Waals surface area contributed by atoms with Crippen LogP contribution in [-0.4, -0.2) is 37.6 Å². The Morgan fingerprint density at radius 2 is 1.78 bits per heavy atom. The quantitative estimate of drug-likeness (QED) is 0.730. The summed E-state index contributed by atoms with van der Waals surface area (Å²) in [5.41, 5.74) is 3.80. The summed E-state index contributed by atoms with van der Waals surface area (Å²) in [6.45, 7) is 3.65. The summed E-state index contributed by atoms with van der Waals surface area (Å²) in [5, 5.41) is 9.36. The largest absolute Gasteiger partial charge is 0.493 e. The number of benzene rings is 1. The van der Waals surface area contributed by atoms with Gasteiger partial charge in [0.05, 0.1) is 24.1 Å². The summed E-state index contributed by atoms with van der Waals surface area (Å²) in [7, 11) is 0. The highest BCUT2D eigenvalue weighted by molar-refractivity contribution is 5.59. The monoisotopic (exact) mass is 364 g/mol. The third kappa shape index (κ3) is 4.28. The molecule has 0 bridgehead atoms. The van der Waals surface area contributed by atoms with Gasteiger partial charge in [-0.2, -0.15) is 0 Å². The minimum atomic E-state index is -0.316. The molecular formula is C21H24N4O2. The van der Waals surface area contributed by atoms with Gasteiger partial charge in [0, 0.05) is 12.1 Å². The van der Waals surface area contributed by atoms with E-state index >= 15 is 0 Å². The molecule has 1 aromatic carbocycles. The Bertz CT molecular complexity index is 953. The fraction of sp³-hybridized carbons (Fsp3) is 0.333. The minimum absolute atomic E-state index is 0.119. The molecule has 3 heterocycles. The number of aromatic hydroxyl groups is 1. The summed E-state index contributed by atoms with van der Waals surface area (Å²) in [5.74, 6) is -0.119. The highest BCUT2D eigenvalue weighted by Gasteiger charge is 2.11. The number of rotatable bonds is 5. The lowest BCUT2D eigenvalue weighted by Crippen LogP contribution is -2.29. The summed E-state index contributed by atoms with van der Waals surface area (Å²) in [4.78, 5) is 21.3. The van der Waals surface area contributed by atoms with Crippen LogP contribution in [0.2, 0.25) is 0 Å². The molecule has 0 atom stereocenters. The third-order valence-corrected chi connectivity index (χ3v) is 5.02. The molecule has 1 aliphatic rings. The Kier molecular flexibility index (Phi) is 5.07. The first-order valence-corrected chi connectivity index (χ1v) is 9.43. The number of pyridine rings is 1. The van der Waals surface area contributed by atoms with Crippen molar-refractivity contribution in [3.8, 4) is 17.1 Å². The number of nitrogens with zero attached hydrogens (tertiary/aromatic N) is 3. The maximum atomic E-state index is 11.7. The standard InChI is InChI=1S/C21H24N4O2/c26-20-15-25(21(27)23-20)13-16-7-9-17(10-8-16)19-6-4-5-18(22-19)14-24-11-2-1-3-12-24/h4-10,15,26H,1-3,11-14H2,(H,23,27). The lowest BCUT2D eigenvalue weighted by molar-refractivity contribution is 0.218. The average Bonchev–Trinajstić information content (AvgIpc) is 3.00. The van der Waals surface area contributed by atoms with Crippen LogP contribution in [0.25, 0.3) is 11.3 Å². The molecule has 1 saturated heterocycles. The van der Waals surface area contributed by atoms with E-state index in [1.54, 1.807) is 0 Å². The first-order valence-electron chi connectivity index (χ1n) is 9.43. The van der Waals surface area contributed by atoms with Crippen molar-refractivity contribution in [1.29, 1.82) is 0 Å². The second kappa shape index (κ2) is 7.80. The lowest BCUT2D eigenvalue weighted by atomic mass is 10.1. The van der Waals surface area contributed by atoms with E-state index in [9.17, 15) is 9.90 Å². The van der Waals surface area contributed by atoms with E-state index in [1.165, 1.54) is 30.0 Å². The number of H-pyrrole nitrogens is 1. The Morgan fingerprint density at radius 3 is 2.48 bits per heavy atom. The van der Waals surface area contributed by atoms with Gasteiger partial charge in [-0.15, -0.1) is 0 Å². The number of hydrogen-bond donors (Lipinski definition) is 2. The minimum Gasteiger partial charge on any atom is -0.493 e. The molecule has 3 aromatic rings. The van der Waals surface area contributed by atoms with Gasteiger partial charge >= 0.3 is 5.69 Å². The van der Waals surface area contributed by atoms with E-state index in [4.69, 9.17) is 4.98 Å². The van der Waals surface area contributed by atoms with E-state index in [0.717, 1.165) is 42.1 Å². The van der Waals surface area contributed by atoms with Crippen molar-refractivity contribution in [3.63, 3.8) is 0 Å². The van der Waals surface area contributed by atoms with Crippen molar-refractivity contribution in [2.75, 3.05) is 13.1 Å². The normalized spacial score (nSPS) is 15.1. The molecule has 0 unspecified atom stereocenters. The first-order chi connectivity index (χ1) is 13.2. The fourth-order valence-electron chi connectivity index (χ4n) is 3.59. The zero-order chi connectivity index (χ0) is 18.6. The second-order valence-corrected chi connectivity index (χ2v) is 7.12. The number of hydrogen-bond acceptors (Lipinski definition) is 4. The van der Waals surface area contributed by atoms with Crippen LogP contribution >= 0.6 is 0 Å². The van der Waals surface area contributed by atoms with Gasteiger partial charge in [-0.1, -0.05) is 36.8 Å². The van der Waals surface area contributed by atoms with Crippen LogP contribution < -0.4 is 5.69 Å². The Labute approximate surface area is 158 Å². The summed E-state index contributed by atoms with van der Waals surface area (Å²) >= 11 is 0. The van der Waals surface area contributed by atoms with Crippen molar-refractivity contribution < 1.29 is 5.11 Å². The van der Waals surface area contributed by atoms with Gasteiger partial charge in [0.15, 0.2) is 0 Å². The maximum Gasteiger partial charge on any atom is 0.328 e. The number of aromatic amines is 1. The van der Waals surface area contributed by atoms with Crippen LogP contribution in [0.4, 0.5) is 0 Å². The molecule has 0 saturated carbocycles. The molecule has 1 aliphatic heterocycles. The SMILES string of the molecule is O=c1[nH]c(O)cn1Cc1ccc(-c2cccc(CN3CCCCC3)n2)cc1. The molecule has 27 heavy (non-hydrogen) atoms. The number of likely N-dealkylation sites (tertiary alicyclic amines) is 1. The molecular weight excluding hydrogens is 340 g/mol. The van der Waals surface area contributed by atoms with Gasteiger partial charge in [-0.25, -0.2) is 4.79 Å². The molecule has 0 aliphatic carbocycles. The predicted octanol–water partition coefficient (Wildman–Crippen LogP) is 2.98. The van der Waals surface area contributed by atoms with Gasteiger partial charge < -0.3 is 5.11 Å². The zero-order valence-corrected chi connectivity index (χ0v) is 15.3. The number of imidazole rings is 1. The van der Waals surface area contributed by atoms with E-state index < -0.39 is 0 Å². The van der Waals surface area contributed by atoms with Crippen LogP contribution in [-0.2, 0) is 13.1 Å². The molecule has 1 fully saturated rings. The van der Waals surface area contributed by atoms with Crippen molar-refractivity contribution in [3.05, 3.63) is 70.4 Å². The van der Waals surface area contributed by atoms with Crippen molar-refractivity contribution in [2.24, 2.45) is 0 Å². The van der Waals surface area contributed by atoms with Crippen LogP contribution in [0.1, 0.15) is 30.5 Å². The smallest absolute Gasteiger partial charge is 0.328 e. The topological polar surface area (TPSA) is 74.2 Å². The molecule has 0 amide bonds. The highest BCUT2D eigenvalue weighted by Crippen LogP contribution is 2.20. The third-order valence-electron chi connectivity index (χ3n) is 5.02. The molecule has 0 spiro atoms. The summed E-state index contributed by atoms with van der Waals surface area (Å²) in [6, 6.07) is 14.2. The number of piperidine rings is 1. The molecule has 140 valence electrons. The fourth-order valence-corrected chi connectivity index (χ4v) is 3.59. The van der Waals surface area contributed by atoms with Gasteiger partial charge in [-0.05, 0) is 43.6 Å².